The van der Waals surface area contributed by atoms with Crippen LogP contribution in [0, 0.1) is 0 Å². The van der Waals surface area contributed by atoms with Crippen LogP contribution in [0.25, 0.3) is 0 Å². The zero-order valence-corrected chi connectivity index (χ0v) is 51.1. The van der Waals surface area contributed by atoms with Crippen LogP contribution < -0.4 is 4.89 Å². The highest BCUT2D eigenvalue weighted by Crippen LogP contribution is 2.38. The number of carbonyl (C=O) groups is 2. The molecule has 0 amide bonds. The van der Waals surface area contributed by atoms with Gasteiger partial charge in [-0.25, -0.2) is 0 Å². The third-order valence-electron chi connectivity index (χ3n) is 13.7. The van der Waals surface area contributed by atoms with Crippen LogP contribution in [0.4, 0.5) is 0 Å². The van der Waals surface area contributed by atoms with Crippen LogP contribution in [-0.4, -0.2) is 70.0 Å². The normalized spacial score (nSPS) is 13.7. The van der Waals surface area contributed by atoms with E-state index in [4.69, 9.17) is 18.5 Å². The van der Waals surface area contributed by atoms with Gasteiger partial charge in [-0.1, -0.05) is 254 Å². The van der Waals surface area contributed by atoms with Gasteiger partial charge >= 0.3 is 11.9 Å². The minimum atomic E-state index is -4.64. The first-order chi connectivity index (χ1) is 37.0. The van der Waals surface area contributed by atoms with Gasteiger partial charge in [0.05, 0.1) is 27.7 Å². The molecule has 0 aliphatic heterocycles. The molecule has 0 aromatic heterocycles. The van der Waals surface area contributed by atoms with Gasteiger partial charge in [0.1, 0.15) is 19.8 Å². The average molecular weight is 1090 g/mol. The van der Waals surface area contributed by atoms with Gasteiger partial charge in [0.25, 0.3) is 7.82 Å². The van der Waals surface area contributed by atoms with E-state index >= 15 is 0 Å². The lowest BCUT2D eigenvalue weighted by atomic mass is 10.0. The summed E-state index contributed by atoms with van der Waals surface area (Å²) in [6.07, 6.45) is 75.3. The fourth-order valence-electron chi connectivity index (χ4n) is 8.79. The summed E-state index contributed by atoms with van der Waals surface area (Å²) in [5.74, 6) is -0.841. The van der Waals surface area contributed by atoms with E-state index in [-0.39, 0.29) is 26.1 Å². The van der Waals surface area contributed by atoms with E-state index in [9.17, 15) is 19.0 Å². The quantitative estimate of drug-likeness (QED) is 0.0195. The molecule has 0 aliphatic carbocycles. The van der Waals surface area contributed by atoms with Gasteiger partial charge in [-0.15, -0.1) is 0 Å². The highest BCUT2D eigenvalue weighted by atomic mass is 31.2. The number of phosphoric acid groups is 1. The molecule has 0 saturated heterocycles. The Morgan fingerprint density at radius 1 is 0.408 bits per heavy atom. The Morgan fingerprint density at radius 2 is 0.711 bits per heavy atom. The monoisotopic (exact) mass is 1090 g/mol. The van der Waals surface area contributed by atoms with Crippen LogP contribution in [0.3, 0.4) is 0 Å². The summed E-state index contributed by atoms with van der Waals surface area (Å²) >= 11 is 0. The molecular weight excluding hydrogens is 966 g/mol. The van der Waals surface area contributed by atoms with Crippen molar-refractivity contribution in [3.8, 4) is 0 Å². The summed E-state index contributed by atoms with van der Waals surface area (Å²) in [5, 5.41) is 0. The molecule has 0 aromatic rings. The van der Waals surface area contributed by atoms with E-state index < -0.39 is 32.5 Å². The molecule has 10 heteroatoms. The van der Waals surface area contributed by atoms with Crippen LogP contribution in [-0.2, 0) is 32.7 Å². The number of unbranched alkanes of at least 4 members (excludes halogenated alkanes) is 32. The molecule has 0 aliphatic rings. The zero-order valence-electron chi connectivity index (χ0n) is 50.2. The van der Waals surface area contributed by atoms with Crippen LogP contribution in [0.2, 0.25) is 0 Å². The van der Waals surface area contributed by atoms with Crippen LogP contribution >= 0.6 is 7.82 Å². The standard InChI is InChI=1S/C66H120NO8P/c1-6-8-10-12-14-16-18-20-22-24-26-27-28-29-30-31-32-33-34-35-36-37-38-39-41-43-45-47-49-51-53-55-57-59-66(69)75-64(63-74-76(70,71)73-61-60-67(3,4)5)62-72-65(68)58-56-54-52-50-48-46-44-42-40-25-23-21-19-17-15-13-11-9-7-2/h15,17-18,20-21,23-24,26,28-29,40,42,64H,6-14,16,19,22,25,27,30-39,41,43-63H2,1-5H3/b17-15-,20-18-,23-21-,26-24-,29-28-,42-40-. The third kappa shape index (κ3) is 60.7. The van der Waals surface area contributed by atoms with Gasteiger partial charge in [-0.05, 0) is 89.9 Å². The molecule has 0 rings (SSSR count). The van der Waals surface area contributed by atoms with Gasteiger partial charge in [-0.2, -0.15) is 0 Å². The minimum Gasteiger partial charge on any atom is -0.756 e. The minimum absolute atomic E-state index is 0.0346. The highest BCUT2D eigenvalue weighted by Gasteiger charge is 2.22. The van der Waals surface area contributed by atoms with Crippen molar-refractivity contribution in [3.05, 3.63) is 72.9 Å². The number of hydrogen-bond donors (Lipinski definition) is 0. The Morgan fingerprint density at radius 3 is 1.08 bits per heavy atom. The van der Waals surface area contributed by atoms with Crippen LogP contribution in [0.1, 0.15) is 284 Å². The number of phosphoric ester groups is 1. The number of likely N-dealkylation sites (N-methyl/N-ethyl adjacent to an activating group) is 1. The van der Waals surface area contributed by atoms with Crippen molar-refractivity contribution in [1.29, 1.82) is 0 Å². The number of rotatable bonds is 58. The second kappa shape index (κ2) is 57.1. The molecular formula is C66H120NO8P. The first-order valence-electron chi connectivity index (χ1n) is 31.6. The van der Waals surface area contributed by atoms with E-state index in [0.29, 0.717) is 23.9 Å². The SMILES string of the molecule is CCCCC/C=C\C/C=C\C/C=C\CCCCCCCCC(=O)OCC(COP(=O)([O-])OCC[N+](C)(C)C)OC(=O)CCCCCCCCCCCCCCCCCCCC/C=C\C/C=C\C/C=C\CCCCCCC. The lowest BCUT2D eigenvalue weighted by Gasteiger charge is -2.28. The molecule has 0 radical (unpaired) electrons. The van der Waals surface area contributed by atoms with Crippen molar-refractivity contribution in [2.24, 2.45) is 0 Å². The smallest absolute Gasteiger partial charge is 0.306 e. The van der Waals surface area contributed by atoms with E-state index in [1.54, 1.807) is 0 Å². The van der Waals surface area contributed by atoms with Gasteiger partial charge in [0.15, 0.2) is 6.10 Å². The maximum Gasteiger partial charge on any atom is 0.306 e. The molecule has 2 atom stereocenters. The Balaban J connectivity index is 4.07. The van der Waals surface area contributed by atoms with Crippen molar-refractivity contribution >= 4 is 19.8 Å². The number of esters is 2. The van der Waals surface area contributed by atoms with Gasteiger partial charge in [0.2, 0.25) is 0 Å². The predicted molar refractivity (Wildman–Crippen MR) is 323 cm³/mol. The third-order valence-corrected chi connectivity index (χ3v) is 14.7. The average Bonchev–Trinajstić information content (AvgIpc) is 3.38. The summed E-state index contributed by atoms with van der Waals surface area (Å²) in [7, 11) is 1.16. The molecule has 442 valence electrons. The molecule has 76 heavy (non-hydrogen) atoms. The fraction of sp³-hybridized carbons (Fsp3) is 0.788. The second-order valence-electron chi connectivity index (χ2n) is 22.4. The molecule has 0 saturated carbocycles. The molecule has 2 unspecified atom stereocenters. The summed E-state index contributed by atoms with van der Waals surface area (Å²) in [6, 6.07) is 0. The van der Waals surface area contributed by atoms with Crippen molar-refractivity contribution in [3.63, 3.8) is 0 Å². The lowest BCUT2D eigenvalue weighted by molar-refractivity contribution is -0.870. The van der Waals surface area contributed by atoms with Gasteiger partial charge in [0, 0.05) is 12.8 Å². The Labute approximate surface area is 469 Å². The summed E-state index contributed by atoms with van der Waals surface area (Å²) in [4.78, 5) is 37.9. The Hall–Kier alpha value is -2.55. The summed E-state index contributed by atoms with van der Waals surface area (Å²) < 4.78 is 34.2. The molecule has 0 bridgehead atoms. The fourth-order valence-corrected chi connectivity index (χ4v) is 9.52. The van der Waals surface area contributed by atoms with Crippen molar-refractivity contribution in [1.82, 2.24) is 0 Å². The van der Waals surface area contributed by atoms with E-state index in [1.807, 2.05) is 21.1 Å². The van der Waals surface area contributed by atoms with Crippen molar-refractivity contribution < 1.29 is 42.1 Å². The predicted octanol–water partition coefficient (Wildman–Crippen LogP) is 19.4. The van der Waals surface area contributed by atoms with Gasteiger partial charge in [-0.3, -0.25) is 14.2 Å². The first kappa shape index (κ1) is 73.5. The van der Waals surface area contributed by atoms with Crippen LogP contribution in [0.15, 0.2) is 72.9 Å². The number of allylic oxidation sites excluding steroid dienone is 12. The second-order valence-corrected chi connectivity index (χ2v) is 23.8. The lowest BCUT2D eigenvalue weighted by Crippen LogP contribution is -2.37. The molecule has 9 nitrogen and oxygen atoms in total. The Kier molecular flexibility index (Phi) is 55.2. The molecule has 0 N–H and O–H groups in total. The first-order valence-corrected chi connectivity index (χ1v) is 33.1. The molecule has 0 fully saturated rings. The number of quaternary nitrogens is 1. The maximum absolute atomic E-state index is 12.8. The van der Waals surface area contributed by atoms with E-state index in [0.717, 1.165) is 70.6 Å². The topological polar surface area (TPSA) is 111 Å². The zero-order chi connectivity index (χ0) is 55.6. The molecule has 0 heterocycles. The van der Waals surface area contributed by atoms with Crippen LogP contribution in [0.5, 0.6) is 0 Å². The largest absolute Gasteiger partial charge is 0.756 e. The van der Waals surface area contributed by atoms with Gasteiger partial charge < -0.3 is 27.9 Å². The number of ether oxygens (including phenoxy) is 2. The van der Waals surface area contributed by atoms with E-state index in [1.165, 1.54) is 173 Å². The summed E-state index contributed by atoms with van der Waals surface area (Å²) in [5.41, 5.74) is 0. The van der Waals surface area contributed by atoms with Crippen molar-refractivity contribution in [2.75, 3.05) is 47.5 Å². The summed E-state index contributed by atoms with van der Waals surface area (Å²) in [6.45, 7) is 4.21. The number of nitrogens with zero attached hydrogens (tertiary/aromatic N) is 1. The number of hydrogen-bond acceptors (Lipinski definition) is 8. The highest BCUT2D eigenvalue weighted by molar-refractivity contribution is 7.45. The Bertz CT molecular complexity index is 1510. The molecule has 0 spiro atoms. The van der Waals surface area contributed by atoms with E-state index in [2.05, 4.69) is 86.8 Å². The van der Waals surface area contributed by atoms with Crippen molar-refractivity contribution in [2.45, 2.75) is 290 Å². The molecule has 0 aromatic carbocycles. The number of carbonyl (C=O) groups excluding carboxylic acids is 2. The maximum atomic E-state index is 12.8.